The third-order valence-electron chi connectivity index (χ3n) is 2.86. The molecule has 0 spiro atoms. The van der Waals surface area contributed by atoms with Gasteiger partial charge >= 0.3 is 0 Å². The lowest BCUT2D eigenvalue weighted by Gasteiger charge is -2.27. The molecule has 0 amide bonds. The van der Waals surface area contributed by atoms with Crippen LogP contribution in [0, 0.1) is 6.92 Å². The van der Waals surface area contributed by atoms with Crippen LogP contribution in [0.4, 0.5) is 0 Å². The lowest BCUT2D eigenvalue weighted by Crippen LogP contribution is -2.43. The minimum Gasteiger partial charge on any atom is -0.355 e. The van der Waals surface area contributed by atoms with Gasteiger partial charge in [0.1, 0.15) is 0 Å². The molecule has 0 fully saturated rings. The summed E-state index contributed by atoms with van der Waals surface area (Å²) in [6.45, 7) is 8.15. The summed E-state index contributed by atoms with van der Waals surface area (Å²) in [5.41, 5.74) is 1.09. The van der Waals surface area contributed by atoms with Crippen molar-refractivity contribution in [1.29, 1.82) is 0 Å². The first-order valence-corrected chi connectivity index (χ1v) is 8.36. The van der Waals surface area contributed by atoms with Gasteiger partial charge in [0.2, 0.25) is 0 Å². The predicted molar refractivity (Wildman–Crippen MR) is 87.3 cm³/mol. The highest BCUT2D eigenvalue weighted by atomic mass is 32.2. The zero-order valence-corrected chi connectivity index (χ0v) is 14.3. The summed E-state index contributed by atoms with van der Waals surface area (Å²) < 4.78 is 0.202. The number of nitrogens with zero attached hydrogens (tertiary/aromatic N) is 3. The minimum absolute atomic E-state index is 0.202. The van der Waals surface area contributed by atoms with Crippen LogP contribution >= 0.6 is 23.1 Å². The van der Waals surface area contributed by atoms with E-state index in [1.165, 1.54) is 0 Å². The molecule has 6 heteroatoms. The van der Waals surface area contributed by atoms with Gasteiger partial charge in [-0.1, -0.05) is 0 Å². The van der Waals surface area contributed by atoms with Gasteiger partial charge in [0.25, 0.3) is 0 Å². The molecule has 1 N–H and O–H groups in total. The van der Waals surface area contributed by atoms with Gasteiger partial charge in [0, 0.05) is 30.8 Å². The third kappa shape index (κ3) is 5.40. The van der Waals surface area contributed by atoms with Crippen LogP contribution in [0.3, 0.4) is 0 Å². The standard InChI is InChI=1S/C13H24N4S2/c1-10-16-11(8-19-10)7-17(5)12(14-4)15-9-13(2,3)18-6/h8H,7,9H2,1-6H3,(H,14,15). The number of thioether (sulfide) groups is 1. The summed E-state index contributed by atoms with van der Waals surface area (Å²) in [4.78, 5) is 10.9. The van der Waals surface area contributed by atoms with E-state index in [1.54, 1.807) is 11.3 Å². The number of hydrogen-bond donors (Lipinski definition) is 1. The second-order valence-corrected chi connectivity index (χ2v) is 7.65. The quantitative estimate of drug-likeness (QED) is 0.670. The molecular weight excluding hydrogens is 276 g/mol. The molecule has 0 saturated heterocycles. The highest BCUT2D eigenvalue weighted by molar-refractivity contribution is 7.99. The Labute approximate surface area is 124 Å². The van der Waals surface area contributed by atoms with E-state index in [9.17, 15) is 0 Å². The molecule has 108 valence electrons. The van der Waals surface area contributed by atoms with Crippen LogP contribution in [0.1, 0.15) is 24.5 Å². The molecule has 1 rings (SSSR count). The zero-order chi connectivity index (χ0) is 14.5. The van der Waals surface area contributed by atoms with Crippen LogP contribution in [-0.2, 0) is 6.54 Å². The van der Waals surface area contributed by atoms with Crippen LogP contribution < -0.4 is 5.32 Å². The van der Waals surface area contributed by atoms with Crippen LogP contribution in [-0.4, -0.2) is 47.5 Å². The topological polar surface area (TPSA) is 40.5 Å². The van der Waals surface area contributed by atoms with Crippen molar-refractivity contribution in [3.05, 3.63) is 16.1 Å². The summed E-state index contributed by atoms with van der Waals surface area (Å²) in [5.74, 6) is 0.910. The highest BCUT2D eigenvalue weighted by Gasteiger charge is 2.17. The second kappa shape index (κ2) is 7.14. The van der Waals surface area contributed by atoms with Gasteiger partial charge in [-0.05, 0) is 27.0 Å². The van der Waals surface area contributed by atoms with E-state index in [4.69, 9.17) is 0 Å². The normalized spacial score (nSPS) is 12.6. The van der Waals surface area contributed by atoms with Crippen molar-refractivity contribution in [2.45, 2.75) is 32.1 Å². The maximum Gasteiger partial charge on any atom is 0.193 e. The fourth-order valence-electron chi connectivity index (χ4n) is 1.55. The van der Waals surface area contributed by atoms with Gasteiger partial charge in [-0.15, -0.1) is 11.3 Å². The summed E-state index contributed by atoms with van der Waals surface area (Å²) in [5, 5.41) is 6.63. The molecule has 1 aromatic heterocycles. The highest BCUT2D eigenvalue weighted by Crippen LogP contribution is 2.19. The molecule has 0 aliphatic carbocycles. The lowest BCUT2D eigenvalue weighted by atomic mass is 10.2. The first kappa shape index (κ1) is 16.3. The van der Waals surface area contributed by atoms with Crippen molar-refractivity contribution >= 4 is 29.1 Å². The summed E-state index contributed by atoms with van der Waals surface area (Å²) in [6.07, 6.45) is 2.13. The average molecular weight is 300 g/mol. The van der Waals surface area contributed by atoms with Crippen molar-refractivity contribution in [3.8, 4) is 0 Å². The van der Waals surface area contributed by atoms with Crippen molar-refractivity contribution < 1.29 is 0 Å². The fourth-order valence-corrected chi connectivity index (χ4v) is 2.37. The van der Waals surface area contributed by atoms with Crippen molar-refractivity contribution in [2.24, 2.45) is 4.99 Å². The number of rotatable bonds is 5. The van der Waals surface area contributed by atoms with E-state index in [-0.39, 0.29) is 4.75 Å². The van der Waals surface area contributed by atoms with E-state index < -0.39 is 0 Å². The van der Waals surface area contributed by atoms with E-state index >= 15 is 0 Å². The van der Waals surface area contributed by atoms with Gasteiger partial charge in [-0.2, -0.15) is 11.8 Å². The minimum atomic E-state index is 0.202. The molecule has 0 radical (unpaired) electrons. The molecule has 19 heavy (non-hydrogen) atoms. The monoisotopic (exact) mass is 300 g/mol. The molecule has 0 atom stereocenters. The van der Waals surface area contributed by atoms with E-state index in [2.05, 4.69) is 45.7 Å². The summed E-state index contributed by atoms with van der Waals surface area (Å²) in [6, 6.07) is 0. The van der Waals surface area contributed by atoms with Crippen molar-refractivity contribution in [3.63, 3.8) is 0 Å². The Kier molecular flexibility index (Phi) is 6.13. The lowest BCUT2D eigenvalue weighted by molar-refractivity contribution is 0.466. The number of aromatic nitrogens is 1. The number of hydrogen-bond acceptors (Lipinski definition) is 4. The number of aliphatic imine (C=N–C) groups is 1. The fraction of sp³-hybridized carbons (Fsp3) is 0.692. The molecule has 0 aromatic carbocycles. The van der Waals surface area contributed by atoms with E-state index in [0.717, 1.165) is 29.8 Å². The molecule has 0 bridgehead atoms. The largest absolute Gasteiger partial charge is 0.355 e. The molecule has 0 aliphatic heterocycles. The third-order valence-corrected chi connectivity index (χ3v) is 4.94. The molecule has 0 unspecified atom stereocenters. The van der Waals surface area contributed by atoms with Crippen molar-refractivity contribution in [1.82, 2.24) is 15.2 Å². The maximum absolute atomic E-state index is 4.48. The Balaban J connectivity index is 2.55. The van der Waals surface area contributed by atoms with Crippen LogP contribution in [0.2, 0.25) is 0 Å². The van der Waals surface area contributed by atoms with Gasteiger partial charge in [0.15, 0.2) is 5.96 Å². The van der Waals surface area contributed by atoms with Crippen molar-refractivity contribution in [2.75, 3.05) is 26.9 Å². The molecule has 0 aliphatic rings. The first-order chi connectivity index (χ1) is 8.88. The molecule has 4 nitrogen and oxygen atoms in total. The van der Waals surface area contributed by atoms with E-state index in [0.29, 0.717) is 0 Å². The van der Waals surface area contributed by atoms with Crippen LogP contribution in [0.15, 0.2) is 10.4 Å². The second-order valence-electron chi connectivity index (χ2n) is 5.08. The molecule has 1 aromatic rings. The maximum atomic E-state index is 4.48. The van der Waals surface area contributed by atoms with Crippen LogP contribution in [0.25, 0.3) is 0 Å². The number of nitrogens with one attached hydrogen (secondary N) is 1. The zero-order valence-electron chi connectivity index (χ0n) is 12.6. The Morgan fingerprint density at radius 3 is 2.74 bits per heavy atom. The Bertz CT molecular complexity index is 426. The summed E-state index contributed by atoms with van der Waals surface area (Å²) in [7, 11) is 3.85. The van der Waals surface area contributed by atoms with Gasteiger partial charge in [-0.25, -0.2) is 4.98 Å². The molecule has 0 saturated carbocycles. The summed E-state index contributed by atoms with van der Waals surface area (Å²) >= 11 is 3.54. The van der Waals surface area contributed by atoms with E-state index in [1.807, 2.05) is 32.8 Å². The Morgan fingerprint density at radius 2 is 2.26 bits per heavy atom. The average Bonchev–Trinajstić information content (AvgIpc) is 2.75. The smallest absolute Gasteiger partial charge is 0.193 e. The number of guanidine groups is 1. The van der Waals surface area contributed by atoms with Crippen LogP contribution in [0.5, 0.6) is 0 Å². The van der Waals surface area contributed by atoms with Gasteiger partial charge in [0.05, 0.1) is 17.2 Å². The molecular formula is C13H24N4S2. The Morgan fingerprint density at radius 1 is 1.58 bits per heavy atom. The van der Waals surface area contributed by atoms with Gasteiger partial charge in [-0.3, -0.25) is 4.99 Å². The molecule has 1 heterocycles. The number of aryl methyl sites for hydroxylation is 1. The van der Waals surface area contributed by atoms with Gasteiger partial charge < -0.3 is 10.2 Å². The first-order valence-electron chi connectivity index (χ1n) is 6.26. The Hall–Kier alpha value is -0.750. The predicted octanol–water partition coefficient (Wildman–Crippen LogP) is 2.60. The SMILES string of the molecule is CN=C(NCC(C)(C)SC)N(C)Cc1csc(C)n1. The number of thiazole rings is 1.